The van der Waals surface area contributed by atoms with Crippen molar-refractivity contribution in [2.45, 2.75) is 13.0 Å². The highest BCUT2D eigenvalue weighted by Crippen LogP contribution is 2.26. The third-order valence-corrected chi connectivity index (χ3v) is 3.17. The van der Waals surface area contributed by atoms with Crippen LogP contribution < -0.4 is 5.32 Å². The number of aliphatic hydroxyl groups excluding tert-OH is 1. The molecule has 0 aromatic heterocycles. The molecule has 20 heavy (non-hydrogen) atoms. The number of anilines is 1. The number of benzene rings is 2. The molecule has 0 bridgehead atoms. The SMILES string of the molecule is CC(O)c1ccccc1NC(=O)c1ccc(O)c(Cl)c1. The molecule has 0 aliphatic heterocycles. The van der Waals surface area contributed by atoms with Gasteiger partial charge in [0.05, 0.1) is 11.1 Å². The standard InChI is InChI=1S/C15H14ClNO3/c1-9(18)11-4-2-3-5-13(11)17-15(20)10-6-7-14(19)12(16)8-10/h2-9,18-19H,1H3,(H,17,20). The first-order valence-electron chi connectivity index (χ1n) is 6.06. The maximum atomic E-state index is 12.1. The third kappa shape index (κ3) is 3.10. The number of nitrogens with one attached hydrogen (secondary N) is 1. The van der Waals surface area contributed by atoms with Crippen molar-refractivity contribution in [1.29, 1.82) is 0 Å². The molecule has 2 aromatic rings. The van der Waals surface area contributed by atoms with Crippen molar-refractivity contribution in [3.8, 4) is 5.75 Å². The Balaban J connectivity index is 2.26. The zero-order chi connectivity index (χ0) is 14.7. The molecule has 104 valence electrons. The number of aliphatic hydroxyl groups is 1. The van der Waals surface area contributed by atoms with Crippen LogP contribution in [0.5, 0.6) is 5.75 Å². The number of hydrogen-bond acceptors (Lipinski definition) is 3. The van der Waals surface area contributed by atoms with Crippen molar-refractivity contribution in [2.75, 3.05) is 5.32 Å². The lowest BCUT2D eigenvalue weighted by Crippen LogP contribution is -2.13. The summed E-state index contributed by atoms with van der Waals surface area (Å²) in [5, 5.41) is 21.8. The van der Waals surface area contributed by atoms with E-state index in [0.29, 0.717) is 16.8 Å². The number of rotatable bonds is 3. The molecule has 0 aliphatic rings. The van der Waals surface area contributed by atoms with Crippen LogP contribution in [0.4, 0.5) is 5.69 Å². The number of amides is 1. The Labute approximate surface area is 121 Å². The number of para-hydroxylation sites is 1. The monoisotopic (exact) mass is 291 g/mol. The molecule has 5 heteroatoms. The summed E-state index contributed by atoms with van der Waals surface area (Å²) in [5.74, 6) is -0.437. The van der Waals surface area contributed by atoms with E-state index in [1.165, 1.54) is 18.2 Å². The van der Waals surface area contributed by atoms with Gasteiger partial charge in [-0.2, -0.15) is 0 Å². The lowest BCUT2D eigenvalue weighted by atomic mass is 10.1. The van der Waals surface area contributed by atoms with Crippen LogP contribution in [0.1, 0.15) is 28.9 Å². The second kappa shape index (κ2) is 5.94. The van der Waals surface area contributed by atoms with Crippen LogP contribution in [0.15, 0.2) is 42.5 Å². The maximum Gasteiger partial charge on any atom is 0.255 e. The van der Waals surface area contributed by atoms with E-state index < -0.39 is 6.10 Å². The highest BCUT2D eigenvalue weighted by atomic mass is 35.5. The number of phenols is 1. The van der Waals surface area contributed by atoms with E-state index in [4.69, 9.17) is 11.6 Å². The quantitative estimate of drug-likeness (QED) is 0.812. The van der Waals surface area contributed by atoms with Gasteiger partial charge in [0.2, 0.25) is 0 Å². The van der Waals surface area contributed by atoms with Gasteiger partial charge in [-0.15, -0.1) is 0 Å². The van der Waals surface area contributed by atoms with Gasteiger partial charge in [0.15, 0.2) is 0 Å². The smallest absolute Gasteiger partial charge is 0.255 e. The number of phenolic OH excluding ortho intramolecular Hbond substituents is 1. The Morgan fingerprint density at radius 1 is 1.25 bits per heavy atom. The fraction of sp³-hybridized carbons (Fsp3) is 0.133. The van der Waals surface area contributed by atoms with Gasteiger partial charge in [-0.1, -0.05) is 29.8 Å². The topological polar surface area (TPSA) is 69.6 Å². The summed E-state index contributed by atoms with van der Waals surface area (Å²) in [6.45, 7) is 1.63. The number of halogens is 1. The minimum Gasteiger partial charge on any atom is -0.506 e. The highest BCUT2D eigenvalue weighted by molar-refractivity contribution is 6.32. The normalized spacial score (nSPS) is 11.9. The Kier molecular flexibility index (Phi) is 4.27. The van der Waals surface area contributed by atoms with Crippen LogP contribution in [0, 0.1) is 0 Å². The summed E-state index contributed by atoms with van der Waals surface area (Å²) < 4.78 is 0. The first kappa shape index (κ1) is 14.4. The van der Waals surface area contributed by atoms with Gasteiger partial charge < -0.3 is 15.5 Å². The summed E-state index contributed by atoms with van der Waals surface area (Å²) in [6.07, 6.45) is -0.685. The molecule has 0 aliphatic carbocycles. The van der Waals surface area contributed by atoms with Crippen molar-refractivity contribution >= 4 is 23.2 Å². The Morgan fingerprint density at radius 2 is 1.95 bits per heavy atom. The first-order chi connectivity index (χ1) is 9.49. The van der Waals surface area contributed by atoms with Gasteiger partial charge >= 0.3 is 0 Å². The third-order valence-electron chi connectivity index (χ3n) is 2.87. The lowest BCUT2D eigenvalue weighted by molar-refractivity contribution is 0.102. The van der Waals surface area contributed by atoms with Gasteiger partial charge in [0.25, 0.3) is 5.91 Å². The zero-order valence-electron chi connectivity index (χ0n) is 10.8. The first-order valence-corrected chi connectivity index (χ1v) is 6.43. The summed E-state index contributed by atoms with van der Waals surface area (Å²) >= 11 is 5.77. The Morgan fingerprint density at radius 3 is 2.60 bits per heavy atom. The fourth-order valence-electron chi connectivity index (χ4n) is 1.82. The van der Waals surface area contributed by atoms with Crippen LogP contribution in [0.2, 0.25) is 5.02 Å². The predicted molar refractivity (Wildman–Crippen MR) is 78.1 cm³/mol. The predicted octanol–water partition coefficient (Wildman–Crippen LogP) is 3.35. The zero-order valence-corrected chi connectivity index (χ0v) is 11.6. The number of hydrogen-bond donors (Lipinski definition) is 3. The van der Waals surface area contributed by atoms with Gasteiger partial charge in [0.1, 0.15) is 5.75 Å². The minimum absolute atomic E-state index is 0.0763. The average molecular weight is 292 g/mol. The van der Waals surface area contributed by atoms with Crippen molar-refractivity contribution in [2.24, 2.45) is 0 Å². The van der Waals surface area contributed by atoms with Gasteiger partial charge in [-0.25, -0.2) is 0 Å². The van der Waals surface area contributed by atoms with Gasteiger partial charge in [-0.3, -0.25) is 4.79 Å². The van der Waals surface area contributed by atoms with E-state index in [0.717, 1.165) is 0 Å². The van der Waals surface area contributed by atoms with Crippen molar-refractivity contribution in [3.05, 3.63) is 58.6 Å². The van der Waals surface area contributed by atoms with Crippen LogP contribution in [-0.4, -0.2) is 16.1 Å². The average Bonchev–Trinajstić information content (AvgIpc) is 2.42. The molecular weight excluding hydrogens is 278 g/mol. The van der Waals surface area contributed by atoms with Crippen molar-refractivity contribution in [3.63, 3.8) is 0 Å². The summed E-state index contributed by atoms with van der Waals surface area (Å²) in [7, 11) is 0. The van der Waals surface area contributed by atoms with Crippen molar-refractivity contribution in [1.82, 2.24) is 0 Å². The largest absolute Gasteiger partial charge is 0.506 e. The molecule has 1 unspecified atom stereocenters. The second-order valence-corrected chi connectivity index (χ2v) is 4.79. The van der Waals surface area contributed by atoms with E-state index >= 15 is 0 Å². The minimum atomic E-state index is -0.685. The highest BCUT2D eigenvalue weighted by Gasteiger charge is 2.12. The number of aromatic hydroxyl groups is 1. The van der Waals surface area contributed by atoms with E-state index in [1.807, 2.05) is 0 Å². The molecule has 4 nitrogen and oxygen atoms in total. The molecule has 1 amide bonds. The van der Waals surface area contributed by atoms with E-state index in [-0.39, 0.29) is 16.7 Å². The molecule has 0 heterocycles. The summed E-state index contributed by atoms with van der Waals surface area (Å²) in [4.78, 5) is 12.1. The molecule has 0 spiro atoms. The van der Waals surface area contributed by atoms with Gasteiger partial charge in [-0.05, 0) is 31.2 Å². The molecule has 2 rings (SSSR count). The molecule has 0 fully saturated rings. The summed E-state index contributed by atoms with van der Waals surface area (Å²) in [6, 6.07) is 11.2. The molecule has 0 saturated heterocycles. The molecule has 0 radical (unpaired) electrons. The second-order valence-electron chi connectivity index (χ2n) is 4.38. The van der Waals surface area contributed by atoms with Gasteiger partial charge in [0, 0.05) is 16.8 Å². The van der Waals surface area contributed by atoms with E-state index in [9.17, 15) is 15.0 Å². The molecule has 0 saturated carbocycles. The maximum absolute atomic E-state index is 12.1. The van der Waals surface area contributed by atoms with E-state index in [2.05, 4.69) is 5.32 Å². The number of carbonyl (C=O) groups excluding carboxylic acids is 1. The van der Waals surface area contributed by atoms with Crippen LogP contribution in [0.3, 0.4) is 0 Å². The summed E-state index contributed by atoms with van der Waals surface area (Å²) in [5.41, 5.74) is 1.50. The molecule has 2 aromatic carbocycles. The molecule has 1 atom stereocenters. The Hall–Kier alpha value is -2.04. The lowest BCUT2D eigenvalue weighted by Gasteiger charge is -2.13. The molecule has 3 N–H and O–H groups in total. The number of carbonyl (C=O) groups is 1. The van der Waals surface area contributed by atoms with Crippen LogP contribution >= 0.6 is 11.6 Å². The molecular formula is C15H14ClNO3. The van der Waals surface area contributed by atoms with Crippen LogP contribution in [0.25, 0.3) is 0 Å². The van der Waals surface area contributed by atoms with E-state index in [1.54, 1.807) is 31.2 Å². The fourth-order valence-corrected chi connectivity index (χ4v) is 2.00. The Bertz CT molecular complexity index is 641. The van der Waals surface area contributed by atoms with Crippen molar-refractivity contribution < 1.29 is 15.0 Å². The van der Waals surface area contributed by atoms with Crippen LogP contribution in [-0.2, 0) is 0 Å².